The molecule has 0 radical (unpaired) electrons. The van der Waals surface area contributed by atoms with E-state index in [1.165, 1.54) is 19.3 Å². The zero-order valence-electron chi connectivity index (χ0n) is 13.5. The third-order valence-corrected chi connectivity index (χ3v) is 3.71. The van der Waals surface area contributed by atoms with Crippen molar-refractivity contribution in [2.45, 2.75) is 77.4 Å². The van der Waals surface area contributed by atoms with Crippen LogP contribution in [0.4, 0.5) is 4.79 Å². The van der Waals surface area contributed by atoms with Crippen molar-refractivity contribution in [2.24, 2.45) is 5.92 Å². The van der Waals surface area contributed by atoms with Crippen LogP contribution in [-0.4, -0.2) is 35.2 Å². The standard InChI is InChI=1S/C16H29NO4/c1-16(2,3)21-15(20)17-13(10-14(19)11-18)9-12-7-5-4-6-8-12/h12-13,18H,4-11H2,1-3H3,(H,17,20)/t13-/m0/s1. The predicted molar refractivity (Wildman–Crippen MR) is 81.1 cm³/mol. The highest BCUT2D eigenvalue weighted by atomic mass is 16.6. The van der Waals surface area contributed by atoms with Crippen molar-refractivity contribution >= 4 is 11.9 Å². The van der Waals surface area contributed by atoms with Gasteiger partial charge in [0.1, 0.15) is 12.2 Å². The third-order valence-electron chi connectivity index (χ3n) is 3.71. The van der Waals surface area contributed by atoms with Gasteiger partial charge in [-0.15, -0.1) is 0 Å². The Morgan fingerprint density at radius 2 is 1.86 bits per heavy atom. The van der Waals surface area contributed by atoms with Gasteiger partial charge in [0, 0.05) is 12.5 Å². The molecule has 0 aromatic rings. The summed E-state index contributed by atoms with van der Waals surface area (Å²) in [5.74, 6) is 0.303. The van der Waals surface area contributed by atoms with E-state index in [4.69, 9.17) is 9.84 Å². The topological polar surface area (TPSA) is 75.6 Å². The summed E-state index contributed by atoms with van der Waals surface area (Å²) in [6.07, 6.45) is 6.48. The molecule has 0 aliphatic heterocycles. The molecule has 0 saturated heterocycles. The normalized spacial score (nSPS) is 18.1. The maximum atomic E-state index is 11.9. The summed E-state index contributed by atoms with van der Waals surface area (Å²) in [6, 6.07) is -0.248. The summed E-state index contributed by atoms with van der Waals surface area (Å²) in [6.45, 7) is 4.95. The summed E-state index contributed by atoms with van der Waals surface area (Å²) >= 11 is 0. The van der Waals surface area contributed by atoms with Gasteiger partial charge in [-0.25, -0.2) is 4.79 Å². The van der Waals surface area contributed by atoms with Crippen molar-refractivity contribution in [1.82, 2.24) is 5.32 Å². The van der Waals surface area contributed by atoms with E-state index in [2.05, 4.69) is 5.32 Å². The molecule has 0 heterocycles. The number of rotatable bonds is 6. The van der Waals surface area contributed by atoms with Crippen molar-refractivity contribution in [3.63, 3.8) is 0 Å². The molecule has 2 N–H and O–H groups in total. The van der Waals surface area contributed by atoms with Gasteiger partial charge in [0.25, 0.3) is 0 Å². The lowest BCUT2D eigenvalue weighted by atomic mass is 9.84. The van der Waals surface area contributed by atoms with Crippen molar-refractivity contribution in [3.05, 3.63) is 0 Å². The molecule has 1 atom stereocenters. The van der Waals surface area contributed by atoms with Crippen LogP contribution in [0.15, 0.2) is 0 Å². The van der Waals surface area contributed by atoms with Gasteiger partial charge in [0.05, 0.1) is 0 Å². The summed E-state index contributed by atoms with van der Waals surface area (Å²) in [5.41, 5.74) is -0.555. The van der Waals surface area contributed by atoms with E-state index in [0.29, 0.717) is 5.92 Å². The first-order valence-corrected chi connectivity index (χ1v) is 7.92. The molecule has 1 amide bonds. The predicted octanol–water partition coefficient (Wildman–Crippen LogP) is 2.80. The molecule has 0 bridgehead atoms. The number of aliphatic hydroxyl groups excluding tert-OH is 1. The number of Topliss-reactive ketones (excluding diaryl/α,β-unsaturated/α-hetero) is 1. The van der Waals surface area contributed by atoms with Crippen LogP contribution < -0.4 is 5.32 Å². The molecule has 0 aromatic carbocycles. The third kappa shape index (κ3) is 8.05. The Hall–Kier alpha value is -1.10. The van der Waals surface area contributed by atoms with Crippen LogP contribution in [0.2, 0.25) is 0 Å². The van der Waals surface area contributed by atoms with Crippen LogP contribution in [0, 0.1) is 5.92 Å². The summed E-state index contributed by atoms with van der Waals surface area (Å²) < 4.78 is 5.25. The van der Waals surface area contributed by atoms with E-state index >= 15 is 0 Å². The lowest BCUT2D eigenvalue weighted by Gasteiger charge is -2.28. The highest BCUT2D eigenvalue weighted by Gasteiger charge is 2.24. The van der Waals surface area contributed by atoms with Crippen molar-refractivity contribution in [2.75, 3.05) is 6.61 Å². The van der Waals surface area contributed by atoms with Crippen LogP contribution in [0.25, 0.3) is 0 Å². The fourth-order valence-electron chi connectivity index (χ4n) is 2.83. The van der Waals surface area contributed by atoms with Crippen LogP contribution in [-0.2, 0) is 9.53 Å². The Labute approximate surface area is 127 Å². The molecular formula is C16H29NO4. The first-order chi connectivity index (χ1) is 9.80. The quantitative estimate of drug-likeness (QED) is 0.790. The van der Waals surface area contributed by atoms with Crippen LogP contribution >= 0.6 is 0 Å². The number of nitrogens with one attached hydrogen (secondary N) is 1. The average Bonchev–Trinajstić information content (AvgIpc) is 2.37. The van der Waals surface area contributed by atoms with Crippen LogP contribution in [0.5, 0.6) is 0 Å². The van der Waals surface area contributed by atoms with Gasteiger partial charge in [0.2, 0.25) is 0 Å². The zero-order chi connectivity index (χ0) is 15.9. The number of amides is 1. The smallest absolute Gasteiger partial charge is 0.407 e. The Morgan fingerprint density at radius 3 is 2.38 bits per heavy atom. The Morgan fingerprint density at radius 1 is 1.24 bits per heavy atom. The average molecular weight is 299 g/mol. The highest BCUT2D eigenvalue weighted by Crippen LogP contribution is 2.28. The molecule has 1 fully saturated rings. The molecule has 0 aromatic heterocycles. The molecule has 0 unspecified atom stereocenters. The number of carbonyl (C=O) groups excluding carboxylic acids is 2. The number of hydrogen-bond donors (Lipinski definition) is 2. The number of alkyl carbamates (subject to hydrolysis) is 1. The van der Waals surface area contributed by atoms with Gasteiger partial charge in [0.15, 0.2) is 5.78 Å². The van der Waals surface area contributed by atoms with E-state index in [1.807, 2.05) is 20.8 Å². The number of aliphatic hydroxyl groups is 1. The lowest BCUT2D eigenvalue weighted by molar-refractivity contribution is -0.122. The van der Waals surface area contributed by atoms with Gasteiger partial charge in [-0.1, -0.05) is 32.1 Å². The molecule has 21 heavy (non-hydrogen) atoms. The minimum absolute atomic E-state index is 0.173. The van der Waals surface area contributed by atoms with E-state index < -0.39 is 18.3 Å². The zero-order valence-corrected chi connectivity index (χ0v) is 13.5. The SMILES string of the molecule is CC(C)(C)OC(=O)N[C@H](CC(=O)CO)CC1CCCCC1. The fraction of sp³-hybridized carbons (Fsp3) is 0.875. The highest BCUT2D eigenvalue weighted by molar-refractivity contribution is 5.80. The van der Waals surface area contributed by atoms with Crippen LogP contribution in [0.3, 0.4) is 0 Å². The van der Waals surface area contributed by atoms with E-state index in [-0.39, 0.29) is 18.2 Å². The second-order valence-corrected chi connectivity index (χ2v) is 6.98. The Balaban J connectivity index is 2.54. The summed E-state index contributed by atoms with van der Waals surface area (Å²) in [4.78, 5) is 23.4. The minimum atomic E-state index is -0.555. The van der Waals surface area contributed by atoms with Crippen molar-refractivity contribution in [1.29, 1.82) is 0 Å². The molecule has 0 spiro atoms. The number of hydrogen-bond acceptors (Lipinski definition) is 4. The monoisotopic (exact) mass is 299 g/mol. The molecule has 5 nitrogen and oxygen atoms in total. The first-order valence-electron chi connectivity index (χ1n) is 7.92. The molecule has 122 valence electrons. The summed E-state index contributed by atoms with van der Waals surface area (Å²) in [7, 11) is 0. The fourth-order valence-corrected chi connectivity index (χ4v) is 2.83. The van der Waals surface area contributed by atoms with Gasteiger partial charge in [-0.05, 0) is 33.1 Å². The first kappa shape index (κ1) is 18.0. The van der Waals surface area contributed by atoms with Gasteiger partial charge >= 0.3 is 6.09 Å². The van der Waals surface area contributed by atoms with Crippen molar-refractivity contribution in [3.8, 4) is 0 Å². The minimum Gasteiger partial charge on any atom is -0.444 e. The molecule has 1 aliphatic carbocycles. The largest absolute Gasteiger partial charge is 0.444 e. The summed E-state index contributed by atoms with van der Waals surface area (Å²) in [5, 5.41) is 11.7. The van der Waals surface area contributed by atoms with Gasteiger partial charge in [-0.3, -0.25) is 4.79 Å². The number of ether oxygens (including phenoxy) is 1. The maximum Gasteiger partial charge on any atom is 0.407 e. The number of carbonyl (C=O) groups is 2. The molecule has 5 heteroatoms. The second kappa shape index (κ2) is 8.37. The lowest BCUT2D eigenvalue weighted by Crippen LogP contribution is -2.41. The molecule has 1 saturated carbocycles. The molecule has 1 rings (SSSR count). The van der Waals surface area contributed by atoms with E-state index in [1.54, 1.807) is 0 Å². The van der Waals surface area contributed by atoms with E-state index in [9.17, 15) is 9.59 Å². The maximum absolute atomic E-state index is 11.9. The Kier molecular flexibility index (Phi) is 7.15. The Bertz CT molecular complexity index is 343. The van der Waals surface area contributed by atoms with Gasteiger partial charge in [-0.2, -0.15) is 0 Å². The number of ketones is 1. The van der Waals surface area contributed by atoms with Crippen LogP contribution in [0.1, 0.15) is 65.7 Å². The van der Waals surface area contributed by atoms with Crippen molar-refractivity contribution < 1.29 is 19.4 Å². The van der Waals surface area contributed by atoms with Gasteiger partial charge < -0.3 is 15.2 Å². The van der Waals surface area contributed by atoms with E-state index in [0.717, 1.165) is 19.3 Å². The second-order valence-electron chi connectivity index (χ2n) is 6.98. The molecular weight excluding hydrogens is 270 g/mol. The molecule has 1 aliphatic rings.